The molecular formula is C13H14Cl2N2O3. The number of methoxy groups -OCH3 is 1. The molecule has 0 fully saturated rings. The van der Waals surface area contributed by atoms with Gasteiger partial charge in [0.15, 0.2) is 5.78 Å². The normalized spacial score (nSPS) is 11.1. The van der Waals surface area contributed by atoms with Crippen LogP contribution in [0.25, 0.3) is 0 Å². The van der Waals surface area contributed by atoms with E-state index in [2.05, 4.69) is 15.3 Å². The Hall–Kier alpha value is -1.59. The highest BCUT2D eigenvalue weighted by molar-refractivity contribution is 6.36. The first-order valence-electron chi connectivity index (χ1n) is 5.75. The van der Waals surface area contributed by atoms with Crippen LogP contribution in [0.1, 0.15) is 12.5 Å². The standard InChI is InChI=1S/C13H14Cl2N2O3/c1-8(13(19)20-2)17-16-7-9(18)6-10-11(14)4-3-5-12(10)15/h3-5,16H,6-7H2,1-2H3/b17-8-. The van der Waals surface area contributed by atoms with Gasteiger partial charge in [0.25, 0.3) is 0 Å². The maximum absolute atomic E-state index is 11.8. The van der Waals surface area contributed by atoms with Crippen LogP contribution >= 0.6 is 23.2 Å². The molecule has 7 heteroatoms. The molecule has 5 nitrogen and oxygen atoms in total. The van der Waals surface area contributed by atoms with Crippen LogP contribution in [0.5, 0.6) is 0 Å². The Kier molecular flexibility index (Phi) is 6.48. The van der Waals surface area contributed by atoms with E-state index in [1.807, 2.05) is 0 Å². The van der Waals surface area contributed by atoms with Crippen molar-refractivity contribution in [2.45, 2.75) is 13.3 Å². The Morgan fingerprint density at radius 3 is 2.45 bits per heavy atom. The minimum atomic E-state index is -0.556. The van der Waals surface area contributed by atoms with E-state index >= 15 is 0 Å². The average Bonchev–Trinajstić information content (AvgIpc) is 2.42. The molecule has 1 N–H and O–H groups in total. The second-order valence-corrected chi connectivity index (χ2v) is 4.75. The van der Waals surface area contributed by atoms with Crippen LogP contribution in [0.4, 0.5) is 0 Å². The fourth-order valence-electron chi connectivity index (χ4n) is 1.40. The minimum Gasteiger partial charge on any atom is -0.464 e. The fraction of sp³-hybridized carbons (Fsp3) is 0.308. The van der Waals surface area contributed by atoms with E-state index in [9.17, 15) is 9.59 Å². The number of Topliss-reactive ketones (excluding diaryl/α,β-unsaturated/α-hetero) is 1. The molecule has 1 rings (SSSR count). The number of carbonyl (C=O) groups excluding carboxylic acids is 2. The SMILES string of the molecule is COC(=O)/C(C)=N\NCC(=O)Cc1c(Cl)cccc1Cl. The summed E-state index contributed by atoms with van der Waals surface area (Å²) >= 11 is 11.9. The number of hydrogen-bond acceptors (Lipinski definition) is 5. The predicted molar refractivity (Wildman–Crippen MR) is 78.3 cm³/mol. The van der Waals surface area contributed by atoms with Gasteiger partial charge < -0.3 is 10.2 Å². The summed E-state index contributed by atoms with van der Waals surface area (Å²) in [4.78, 5) is 22.8. The number of ether oxygens (including phenoxy) is 1. The van der Waals surface area contributed by atoms with Gasteiger partial charge in [-0.1, -0.05) is 29.3 Å². The summed E-state index contributed by atoms with van der Waals surface area (Å²) in [6.07, 6.45) is 0.0955. The molecule has 0 spiro atoms. The number of ketones is 1. The quantitative estimate of drug-likeness (QED) is 0.496. The lowest BCUT2D eigenvalue weighted by molar-refractivity contribution is -0.132. The number of esters is 1. The zero-order valence-corrected chi connectivity index (χ0v) is 12.6. The summed E-state index contributed by atoms with van der Waals surface area (Å²) in [5.74, 6) is -0.708. The topological polar surface area (TPSA) is 67.8 Å². The van der Waals surface area contributed by atoms with Gasteiger partial charge >= 0.3 is 5.97 Å². The first kappa shape index (κ1) is 16.5. The number of hydrogen-bond donors (Lipinski definition) is 1. The summed E-state index contributed by atoms with van der Waals surface area (Å²) in [5.41, 5.74) is 3.23. The van der Waals surface area contributed by atoms with Crippen LogP contribution in [0.2, 0.25) is 10.0 Å². The highest BCUT2D eigenvalue weighted by Gasteiger charge is 2.11. The summed E-state index contributed by atoms with van der Waals surface area (Å²) in [6.45, 7) is 1.45. The Balaban J connectivity index is 2.55. The van der Waals surface area contributed by atoms with Gasteiger partial charge in [0.05, 0.1) is 13.7 Å². The number of nitrogens with one attached hydrogen (secondary N) is 1. The summed E-state index contributed by atoms with van der Waals surface area (Å²) in [6, 6.07) is 5.05. The second-order valence-electron chi connectivity index (χ2n) is 3.94. The monoisotopic (exact) mass is 316 g/mol. The second kappa shape index (κ2) is 7.87. The van der Waals surface area contributed by atoms with Crippen molar-refractivity contribution in [1.29, 1.82) is 0 Å². The van der Waals surface area contributed by atoms with Crippen LogP contribution in [-0.2, 0) is 20.7 Å². The molecule has 0 aromatic heterocycles. The summed E-state index contributed by atoms with van der Waals surface area (Å²) < 4.78 is 4.47. The van der Waals surface area contributed by atoms with Gasteiger partial charge in [-0.25, -0.2) is 4.79 Å². The van der Waals surface area contributed by atoms with E-state index < -0.39 is 5.97 Å². The lowest BCUT2D eigenvalue weighted by atomic mass is 10.1. The first-order chi connectivity index (χ1) is 9.45. The van der Waals surface area contributed by atoms with Crippen molar-refractivity contribution in [3.63, 3.8) is 0 Å². The van der Waals surface area contributed by atoms with Crippen molar-refractivity contribution in [2.75, 3.05) is 13.7 Å². The zero-order valence-electron chi connectivity index (χ0n) is 11.1. The number of carbonyl (C=O) groups is 2. The fourth-order valence-corrected chi connectivity index (χ4v) is 1.93. The van der Waals surface area contributed by atoms with Crippen molar-refractivity contribution in [1.82, 2.24) is 5.43 Å². The van der Waals surface area contributed by atoms with Gasteiger partial charge in [0.2, 0.25) is 0 Å². The molecule has 0 aliphatic heterocycles. The first-order valence-corrected chi connectivity index (χ1v) is 6.51. The lowest BCUT2D eigenvalue weighted by Gasteiger charge is -2.06. The van der Waals surface area contributed by atoms with E-state index in [1.165, 1.54) is 14.0 Å². The summed E-state index contributed by atoms with van der Waals surface area (Å²) in [7, 11) is 1.26. The van der Waals surface area contributed by atoms with Crippen molar-refractivity contribution >= 4 is 40.7 Å². The van der Waals surface area contributed by atoms with Crippen molar-refractivity contribution in [2.24, 2.45) is 5.10 Å². The van der Waals surface area contributed by atoms with Crippen LogP contribution in [-0.4, -0.2) is 31.1 Å². The number of rotatable bonds is 6. The van der Waals surface area contributed by atoms with E-state index in [1.54, 1.807) is 18.2 Å². The molecule has 20 heavy (non-hydrogen) atoms. The number of hydrazone groups is 1. The third kappa shape index (κ3) is 4.83. The van der Waals surface area contributed by atoms with Crippen LogP contribution in [0, 0.1) is 0 Å². The maximum atomic E-state index is 11.8. The molecule has 0 heterocycles. The molecule has 108 valence electrons. The lowest BCUT2D eigenvalue weighted by Crippen LogP contribution is -2.23. The molecule has 1 aromatic carbocycles. The molecule has 0 amide bonds. The largest absolute Gasteiger partial charge is 0.464 e. The molecular weight excluding hydrogens is 303 g/mol. The Labute approximate surface area is 126 Å². The zero-order chi connectivity index (χ0) is 15.1. The van der Waals surface area contributed by atoms with Gasteiger partial charge in [-0.2, -0.15) is 5.10 Å². The van der Waals surface area contributed by atoms with Crippen molar-refractivity contribution in [3.8, 4) is 0 Å². The molecule has 0 radical (unpaired) electrons. The molecule has 0 atom stereocenters. The highest BCUT2D eigenvalue weighted by atomic mass is 35.5. The van der Waals surface area contributed by atoms with Crippen LogP contribution in [0.15, 0.2) is 23.3 Å². The number of nitrogens with zero attached hydrogens (tertiary/aromatic N) is 1. The van der Waals surface area contributed by atoms with E-state index in [0.717, 1.165) is 0 Å². The molecule has 0 saturated heterocycles. The number of benzene rings is 1. The minimum absolute atomic E-state index is 0.0319. The smallest absolute Gasteiger partial charge is 0.353 e. The van der Waals surface area contributed by atoms with E-state index in [0.29, 0.717) is 15.6 Å². The van der Waals surface area contributed by atoms with Gasteiger partial charge in [-0.15, -0.1) is 0 Å². The average molecular weight is 317 g/mol. The molecule has 0 unspecified atom stereocenters. The predicted octanol–water partition coefficient (Wildman–Crippen LogP) is 2.24. The Bertz CT molecular complexity index is 524. The molecule has 0 aliphatic rings. The van der Waals surface area contributed by atoms with Gasteiger partial charge in [0, 0.05) is 16.5 Å². The van der Waals surface area contributed by atoms with Crippen molar-refractivity contribution in [3.05, 3.63) is 33.8 Å². The van der Waals surface area contributed by atoms with Crippen LogP contribution in [0.3, 0.4) is 0 Å². The molecule has 1 aromatic rings. The number of halogens is 2. The van der Waals surface area contributed by atoms with E-state index in [-0.39, 0.29) is 24.5 Å². The van der Waals surface area contributed by atoms with Crippen molar-refractivity contribution < 1.29 is 14.3 Å². The highest BCUT2D eigenvalue weighted by Crippen LogP contribution is 2.24. The Morgan fingerprint density at radius 1 is 1.30 bits per heavy atom. The Morgan fingerprint density at radius 2 is 1.90 bits per heavy atom. The molecule has 0 saturated carbocycles. The van der Waals surface area contributed by atoms with Gasteiger partial charge in [0.1, 0.15) is 5.71 Å². The molecule has 0 aliphatic carbocycles. The third-order valence-electron chi connectivity index (χ3n) is 2.44. The van der Waals surface area contributed by atoms with E-state index in [4.69, 9.17) is 23.2 Å². The van der Waals surface area contributed by atoms with Crippen LogP contribution < -0.4 is 5.43 Å². The molecule has 0 bridgehead atoms. The maximum Gasteiger partial charge on any atom is 0.353 e. The third-order valence-corrected chi connectivity index (χ3v) is 3.15. The summed E-state index contributed by atoms with van der Waals surface area (Å²) in [5, 5.41) is 4.62. The van der Waals surface area contributed by atoms with Gasteiger partial charge in [-0.3, -0.25) is 4.79 Å². The van der Waals surface area contributed by atoms with Gasteiger partial charge in [-0.05, 0) is 24.6 Å².